The van der Waals surface area contributed by atoms with Crippen molar-refractivity contribution < 1.29 is 17.9 Å². The summed E-state index contributed by atoms with van der Waals surface area (Å²) in [7, 11) is -1.02. The molecule has 30 heavy (non-hydrogen) atoms. The molecule has 1 aliphatic rings. The second-order valence-electron chi connectivity index (χ2n) is 7.24. The molecular formula is C20H25N3O6S. The Morgan fingerprint density at radius 1 is 1.17 bits per heavy atom. The van der Waals surface area contributed by atoms with Gasteiger partial charge in [0.2, 0.25) is 10.0 Å². The smallest absolute Gasteiger partial charge is 0.337 e. The molecule has 0 atom stereocenters. The topological polar surface area (TPSA) is 119 Å². The molecule has 0 aliphatic heterocycles. The molecule has 1 heterocycles. The van der Waals surface area contributed by atoms with Crippen LogP contribution in [0.4, 0.5) is 0 Å². The van der Waals surface area contributed by atoms with Gasteiger partial charge in [-0.15, -0.1) is 0 Å². The number of sulfonamides is 1. The number of nitrogens with one attached hydrogen (secondary N) is 1. The van der Waals surface area contributed by atoms with E-state index >= 15 is 0 Å². The molecule has 9 nitrogen and oxygen atoms in total. The predicted octanol–water partition coefficient (Wildman–Crippen LogP) is 0.913. The van der Waals surface area contributed by atoms with E-state index in [0.717, 1.165) is 18.5 Å². The molecule has 1 aliphatic carbocycles. The largest absolute Gasteiger partial charge is 0.465 e. The number of nitrogens with zero attached hydrogens (tertiary/aromatic N) is 2. The lowest BCUT2D eigenvalue weighted by Gasteiger charge is -2.21. The Hall–Kier alpha value is -2.72. The number of hydrogen-bond donors (Lipinski definition) is 1. The number of aromatic nitrogens is 2. The number of aromatic amines is 1. The molecule has 1 aromatic carbocycles. The Labute approximate surface area is 174 Å². The van der Waals surface area contributed by atoms with Crippen LogP contribution in [0.15, 0.2) is 38.8 Å². The Kier molecular flexibility index (Phi) is 6.57. The molecule has 3 rings (SSSR count). The maximum Gasteiger partial charge on any atom is 0.337 e. The van der Waals surface area contributed by atoms with Crippen LogP contribution >= 0.6 is 0 Å². The number of carbonyl (C=O) groups is 1. The van der Waals surface area contributed by atoms with Gasteiger partial charge in [-0.25, -0.2) is 22.3 Å². The van der Waals surface area contributed by atoms with E-state index in [9.17, 15) is 22.8 Å². The zero-order chi connectivity index (χ0) is 21.9. The number of carbonyl (C=O) groups excluding carboxylic acids is 1. The zero-order valence-corrected chi connectivity index (χ0v) is 17.8. The van der Waals surface area contributed by atoms with Crippen molar-refractivity contribution in [1.82, 2.24) is 13.9 Å². The van der Waals surface area contributed by atoms with Gasteiger partial charge in [0.15, 0.2) is 0 Å². The van der Waals surface area contributed by atoms with Crippen molar-refractivity contribution in [3.05, 3.63) is 61.9 Å². The van der Waals surface area contributed by atoms with E-state index in [4.69, 9.17) is 0 Å². The van der Waals surface area contributed by atoms with Crippen molar-refractivity contribution in [2.24, 2.45) is 0 Å². The first-order valence-electron chi connectivity index (χ1n) is 9.75. The highest BCUT2D eigenvalue weighted by molar-refractivity contribution is 7.89. The Bertz CT molecular complexity index is 1150. The summed E-state index contributed by atoms with van der Waals surface area (Å²) in [5.41, 5.74) is 0.915. The molecule has 10 heteroatoms. The van der Waals surface area contributed by atoms with E-state index in [1.807, 2.05) is 0 Å². The number of benzene rings is 1. The number of hydrogen-bond acceptors (Lipinski definition) is 6. The van der Waals surface area contributed by atoms with Gasteiger partial charge in [0.25, 0.3) is 5.56 Å². The van der Waals surface area contributed by atoms with E-state index in [1.54, 1.807) is 4.57 Å². The number of methoxy groups -OCH3 is 1. The number of fused-ring (bicyclic) bond motifs is 1. The lowest BCUT2D eigenvalue weighted by molar-refractivity contribution is 0.0600. The summed E-state index contributed by atoms with van der Waals surface area (Å²) in [5, 5.41) is 0. The third kappa shape index (κ3) is 4.39. The third-order valence-corrected chi connectivity index (χ3v) is 7.21. The van der Waals surface area contributed by atoms with E-state index in [2.05, 4.69) is 9.72 Å². The minimum Gasteiger partial charge on any atom is -0.465 e. The van der Waals surface area contributed by atoms with Crippen molar-refractivity contribution in [3.8, 4) is 0 Å². The van der Waals surface area contributed by atoms with Gasteiger partial charge < -0.3 is 4.74 Å². The monoisotopic (exact) mass is 435 g/mol. The van der Waals surface area contributed by atoms with Gasteiger partial charge >= 0.3 is 11.7 Å². The second-order valence-corrected chi connectivity index (χ2v) is 9.28. The van der Waals surface area contributed by atoms with Crippen LogP contribution in [-0.2, 0) is 34.1 Å². The minimum atomic E-state index is -3.74. The summed E-state index contributed by atoms with van der Waals surface area (Å²) in [6, 6.07) is 5.53. The van der Waals surface area contributed by atoms with E-state index in [0.29, 0.717) is 31.4 Å². The van der Waals surface area contributed by atoms with Crippen LogP contribution in [0.2, 0.25) is 0 Å². The van der Waals surface area contributed by atoms with Crippen molar-refractivity contribution in [2.45, 2.75) is 43.5 Å². The third-order valence-electron chi connectivity index (χ3n) is 5.34. The molecule has 0 bridgehead atoms. The van der Waals surface area contributed by atoms with Crippen LogP contribution in [0.1, 0.15) is 40.9 Å². The molecule has 0 spiro atoms. The highest BCUT2D eigenvalue weighted by Crippen LogP contribution is 2.18. The average molecular weight is 436 g/mol. The molecule has 1 N–H and O–H groups in total. The number of rotatable bonds is 7. The lowest BCUT2D eigenvalue weighted by atomic mass is 9.97. The van der Waals surface area contributed by atoms with Crippen LogP contribution in [-0.4, -0.2) is 48.9 Å². The van der Waals surface area contributed by atoms with Gasteiger partial charge in [-0.05, 0) is 56.4 Å². The van der Waals surface area contributed by atoms with Crippen LogP contribution in [0, 0.1) is 0 Å². The van der Waals surface area contributed by atoms with Gasteiger partial charge in [0, 0.05) is 31.4 Å². The quantitative estimate of drug-likeness (QED) is 0.646. The predicted molar refractivity (Wildman–Crippen MR) is 110 cm³/mol. The van der Waals surface area contributed by atoms with Crippen LogP contribution < -0.4 is 11.2 Å². The standard InChI is InChI=1S/C20H25N3O6S/c1-22(30(27,28)15-10-8-14(9-11-15)19(25)29-2)12-5-13-23-17-7-4-3-6-16(17)18(24)21-20(23)26/h8-11H,3-7,12-13H2,1-2H3,(H,21,24,26). The zero-order valence-electron chi connectivity index (χ0n) is 17.0. The highest BCUT2D eigenvalue weighted by atomic mass is 32.2. The molecule has 0 saturated carbocycles. The first-order valence-corrected chi connectivity index (χ1v) is 11.2. The first kappa shape index (κ1) is 22.0. The molecule has 1 aromatic heterocycles. The molecule has 0 unspecified atom stereocenters. The van der Waals surface area contributed by atoms with E-state index in [-0.39, 0.29) is 22.6 Å². The highest BCUT2D eigenvalue weighted by Gasteiger charge is 2.22. The van der Waals surface area contributed by atoms with Crippen molar-refractivity contribution in [1.29, 1.82) is 0 Å². The summed E-state index contributed by atoms with van der Waals surface area (Å²) in [5.74, 6) is -0.540. The molecule has 0 radical (unpaired) electrons. The average Bonchev–Trinajstić information content (AvgIpc) is 2.75. The van der Waals surface area contributed by atoms with Crippen LogP contribution in [0.5, 0.6) is 0 Å². The number of esters is 1. The minimum absolute atomic E-state index is 0.0660. The van der Waals surface area contributed by atoms with Gasteiger partial charge in [0.1, 0.15) is 0 Å². The summed E-state index contributed by atoms with van der Waals surface area (Å²) in [6.45, 7) is 0.514. The van der Waals surface area contributed by atoms with Gasteiger partial charge in [0.05, 0.1) is 17.6 Å². The first-order chi connectivity index (χ1) is 14.3. The van der Waals surface area contributed by atoms with Gasteiger partial charge in [-0.1, -0.05) is 0 Å². The van der Waals surface area contributed by atoms with E-state index in [1.165, 1.54) is 42.7 Å². The van der Waals surface area contributed by atoms with Crippen molar-refractivity contribution >= 4 is 16.0 Å². The number of H-pyrrole nitrogens is 1. The maximum atomic E-state index is 12.8. The van der Waals surface area contributed by atoms with Crippen molar-refractivity contribution in [2.75, 3.05) is 20.7 Å². The fraction of sp³-hybridized carbons (Fsp3) is 0.450. The Balaban J connectivity index is 1.70. The summed E-state index contributed by atoms with van der Waals surface area (Å²) >= 11 is 0. The summed E-state index contributed by atoms with van der Waals surface area (Å²) < 4.78 is 32.9. The Morgan fingerprint density at radius 2 is 1.83 bits per heavy atom. The lowest BCUT2D eigenvalue weighted by Crippen LogP contribution is -2.37. The molecule has 2 aromatic rings. The van der Waals surface area contributed by atoms with Gasteiger partial charge in [-0.3, -0.25) is 14.3 Å². The molecule has 162 valence electrons. The molecule has 0 amide bonds. The fourth-order valence-electron chi connectivity index (χ4n) is 3.66. The van der Waals surface area contributed by atoms with Crippen LogP contribution in [0.25, 0.3) is 0 Å². The normalized spacial score (nSPS) is 13.8. The van der Waals surface area contributed by atoms with E-state index < -0.39 is 21.7 Å². The Morgan fingerprint density at radius 3 is 2.50 bits per heavy atom. The second kappa shape index (κ2) is 8.97. The number of ether oxygens (including phenoxy) is 1. The van der Waals surface area contributed by atoms with Crippen LogP contribution in [0.3, 0.4) is 0 Å². The maximum absolute atomic E-state index is 12.8. The van der Waals surface area contributed by atoms with Crippen molar-refractivity contribution in [3.63, 3.8) is 0 Å². The van der Waals surface area contributed by atoms with Gasteiger partial charge in [-0.2, -0.15) is 0 Å². The summed E-state index contributed by atoms with van der Waals surface area (Å²) in [4.78, 5) is 38.2. The molecule has 0 saturated heterocycles. The summed E-state index contributed by atoms with van der Waals surface area (Å²) in [6.07, 6.45) is 3.58. The SMILES string of the molecule is COC(=O)c1ccc(S(=O)(=O)N(C)CCCn2c3c(c(=O)[nH]c2=O)CCCC3)cc1. The molecular weight excluding hydrogens is 410 g/mol. The fourth-order valence-corrected chi connectivity index (χ4v) is 4.87. The molecule has 0 fully saturated rings.